The molecule has 3 aromatic rings. The Bertz CT molecular complexity index is 1000. The maximum absolute atomic E-state index is 12.6. The molecule has 0 aliphatic carbocycles. The van der Waals surface area contributed by atoms with Gasteiger partial charge in [-0.25, -0.2) is 4.79 Å². The number of nitrogens with one attached hydrogen (secondary N) is 1. The number of carbonyl (C=O) groups excluding carboxylic acids is 2. The fraction of sp³-hybridized carbons (Fsp3) is 0.217. The Labute approximate surface area is 164 Å². The number of unbranched alkanes of at least 4 members (excludes halogenated alkanes) is 1. The van der Waals surface area contributed by atoms with Crippen LogP contribution in [0.2, 0.25) is 0 Å². The van der Waals surface area contributed by atoms with Gasteiger partial charge < -0.3 is 14.6 Å². The molecule has 0 aliphatic rings. The Morgan fingerprint density at radius 3 is 2.54 bits per heavy atom. The zero-order valence-corrected chi connectivity index (χ0v) is 16.1. The Morgan fingerprint density at radius 1 is 1.07 bits per heavy atom. The molecule has 1 amide bonds. The summed E-state index contributed by atoms with van der Waals surface area (Å²) in [7, 11) is 1.95. The first-order valence-corrected chi connectivity index (χ1v) is 9.39. The van der Waals surface area contributed by atoms with Crippen LogP contribution in [0.1, 0.15) is 35.7 Å². The van der Waals surface area contributed by atoms with Crippen LogP contribution in [0.3, 0.4) is 0 Å². The fourth-order valence-electron chi connectivity index (χ4n) is 2.96. The molecule has 0 unspecified atom stereocenters. The van der Waals surface area contributed by atoms with Gasteiger partial charge in [-0.1, -0.05) is 49.7 Å². The van der Waals surface area contributed by atoms with Crippen molar-refractivity contribution in [2.75, 3.05) is 6.61 Å². The third-order valence-electron chi connectivity index (χ3n) is 4.46. The SMILES string of the molecule is CCCCOC(=O)/C(=C/c1cn(C)c2ccccc12)NC(=O)c1ccccc1. The summed E-state index contributed by atoms with van der Waals surface area (Å²) >= 11 is 0. The number of amides is 1. The van der Waals surface area contributed by atoms with Crippen LogP contribution in [0.25, 0.3) is 17.0 Å². The van der Waals surface area contributed by atoms with E-state index in [0.717, 1.165) is 29.3 Å². The zero-order chi connectivity index (χ0) is 19.9. The number of hydrogen-bond acceptors (Lipinski definition) is 3. The van der Waals surface area contributed by atoms with Crippen LogP contribution in [0, 0.1) is 0 Å². The summed E-state index contributed by atoms with van der Waals surface area (Å²) in [5.74, 6) is -0.884. The monoisotopic (exact) mass is 376 g/mol. The molecular weight excluding hydrogens is 352 g/mol. The molecule has 0 fully saturated rings. The first-order chi connectivity index (χ1) is 13.6. The number of carbonyl (C=O) groups is 2. The maximum Gasteiger partial charge on any atom is 0.354 e. The van der Waals surface area contributed by atoms with E-state index in [1.54, 1.807) is 30.3 Å². The molecule has 0 saturated heterocycles. The van der Waals surface area contributed by atoms with E-state index in [1.807, 2.05) is 55.1 Å². The van der Waals surface area contributed by atoms with Crippen LogP contribution in [-0.4, -0.2) is 23.1 Å². The number of aromatic nitrogens is 1. The lowest BCUT2D eigenvalue weighted by molar-refractivity contribution is -0.139. The number of para-hydroxylation sites is 1. The van der Waals surface area contributed by atoms with E-state index in [9.17, 15) is 9.59 Å². The van der Waals surface area contributed by atoms with Gasteiger partial charge in [0, 0.05) is 35.3 Å². The third kappa shape index (κ3) is 4.49. The second kappa shape index (κ2) is 9.04. The molecule has 1 heterocycles. The molecule has 1 aromatic heterocycles. The molecule has 5 nitrogen and oxygen atoms in total. The van der Waals surface area contributed by atoms with Gasteiger partial charge in [-0.2, -0.15) is 0 Å². The molecule has 0 atom stereocenters. The lowest BCUT2D eigenvalue weighted by Crippen LogP contribution is -2.28. The first kappa shape index (κ1) is 19.4. The van der Waals surface area contributed by atoms with Gasteiger partial charge in [0.05, 0.1) is 6.61 Å². The summed E-state index contributed by atoms with van der Waals surface area (Å²) in [6.45, 7) is 2.35. The van der Waals surface area contributed by atoms with E-state index in [4.69, 9.17) is 4.74 Å². The highest BCUT2D eigenvalue weighted by Gasteiger charge is 2.17. The molecular formula is C23H24N2O3. The van der Waals surface area contributed by atoms with Crippen LogP contribution >= 0.6 is 0 Å². The van der Waals surface area contributed by atoms with Crippen molar-refractivity contribution < 1.29 is 14.3 Å². The van der Waals surface area contributed by atoms with Crippen molar-refractivity contribution in [1.82, 2.24) is 9.88 Å². The minimum Gasteiger partial charge on any atom is -0.461 e. The van der Waals surface area contributed by atoms with Gasteiger partial charge in [0.1, 0.15) is 5.70 Å². The standard InChI is InChI=1S/C23H24N2O3/c1-3-4-14-28-23(27)20(24-22(26)17-10-6-5-7-11-17)15-18-16-25(2)21-13-9-8-12-19(18)21/h5-13,15-16H,3-4,14H2,1-2H3,(H,24,26)/b20-15-. The quantitative estimate of drug-likeness (QED) is 0.380. The lowest BCUT2D eigenvalue weighted by atomic mass is 10.1. The van der Waals surface area contributed by atoms with Gasteiger partial charge in [0.15, 0.2) is 0 Å². The maximum atomic E-state index is 12.6. The number of esters is 1. The van der Waals surface area contributed by atoms with Gasteiger partial charge in [-0.05, 0) is 30.7 Å². The molecule has 28 heavy (non-hydrogen) atoms. The number of fused-ring (bicyclic) bond motifs is 1. The minimum absolute atomic E-state index is 0.126. The lowest BCUT2D eigenvalue weighted by Gasteiger charge is -2.10. The highest BCUT2D eigenvalue weighted by atomic mass is 16.5. The normalized spacial score (nSPS) is 11.4. The summed E-state index contributed by atoms with van der Waals surface area (Å²) in [6.07, 6.45) is 5.31. The van der Waals surface area contributed by atoms with E-state index in [-0.39, 0.29) is 11.6 Å². The van der Waals surface area contributed by atoms with Crippen molar-refractivity contribution in [2.45, 2.75) is 19.8 Å². The summed E-state index contributed by atoms with van der Waals surface area (Å²) in [6, 6.07) is 16.7. The molecule has 0 saturated carbocycles. The predicted molar refractivity (Wildman–Crippen MR) is 111 cm³/mol. The average Bonchev–Trinajstić information content (AvgIpc) is 3.04. The van der Waals surface area contributed by atoms with E-state index < -0.39 is 5.97 Å². The molecule has 0 radical (unpaired) electrons. The molecule has 0 spiro atoms. The van der Waals surface area contributed by atoms with Crippen molar-refractivity contribution >= 4 is 28.9 Å². The molecule has 144 valence electrons. The van der Waals surface area contributed by atoms with Crippen molar-refractivity contribution in [2.24, 2.45) is 7.05 Å². The van der Waals surface area contributed by atoms with Crippen LogP contribution in [0.4, 0.5) is 0 Å². The minimum atomic E-state index is -0.536. The largest absolute Gasteiger partial charge is 0.461 e. The number of benzene rings is 2. The average molecular weight is 376 g/mol. The van der Waals surface area contributed by atoms with Crippen molar-refractivity contribution in [3.05, 3.63) is 77.6 Å². The number of ether oxygens (including phenoxy) is 1. The molecule has 1 N–H and O–H groups in total. The van der Waals surface area contributed by atoms with Gasteiger partial charge in [0.2, 0.25) is 0 Å². The van der Waals surface area contributed by atoms with Crippen LogP contribution in [0.15, 0.2) is 66.5 Å². The van der Waals surface area contributed by atoms with Crippen molar-refractivity contribution in [1.29, 1.82) is 0 Å². The summed E-state index contributed by atoms with van der Waals surface area (Å²) in [5.41, 5.74) is 2.49. The van der Waals surface area contributed by atoms with E-state index >= 15 is 0 Å². The van der Waals surface area contributed by atoms with Crippen molar-refractivity contribution in [3.63, 3.8) is 0 Å². The molecule has 3 rings (SSSR count). The van der Waals surface area contributed by atoms with E-state index in [2.05, 4.69) is 5.32 Å². The zero-order valence-electron chi connectivity index (χ0n) is 16.1. The number of hydrogen-bond donors (Lipinski definition) is 1. The third-order valence-corrected chi connectivity index (χ3v) is 4.46. The molecule has 0 aliphatic heterocycles. The van der Waals surface area contributed by atoms with Gasteiger partial charge in [0.25, 0.3) is 5.91 Å². The smallest absolute Gasteiger partial charge is 0.354 e. The number of rotatable bonds is 7. The van der Waals surface area contributed by atoms with Gasteiger partial charge >= 0.3 is 5.97 Å². The number of nitrogens with zero attached hydrogens (tertiary/aromatic N) is 1. The van der Waals surface area contributed by atoms with Crippen LogP contribution < -0.4 is 5.32 Å². The fourth-order valence-corrected chi connectivity index (χ4v) is 2.96. The van der Waals surface area contributed by atoms with Gasteiger partial charge in [-0.15, -0.1) is 0 Å². The Morgan fingerprint density at radius 2 is 1.79 bits per heavy atom. The Kier molecular flexibility index (Phi) is 6.27. The summed E-state index contributed by atoms with van der Waals surface area (Å²) in [5, 5.41) is 3.72. The number of aryl methyl sites for hydroxylation is 1. The topological polar surface area (TPSA) is 60.3 Å². The molecule has 2 aromatic carbocycles. The first-order valence-electron chi connectivity index (χ1n) is 9.39. The Balaban J connectivity index is 1.94. The van der Waals surface area contributed by atoms with Gasteiger partial charge in [-0.3, -0.25) is 4.79 Å². The highest BCUT2D eigenvalue weighted by molar-refractivity contribution is 6.04. The summed E-state index contributed by atoms with van der Waals surface area (Å²) < 4.78 is 7.33. The van der Waals surface area contributed by atoms with Crippen molar-refractivity contribution in [3.8, 4) is 0 Å². The van der Waals surface area contributed by atoms with Crippen LogP contribution in [-0.2, 0) is 16.6 Å². The Hall–Kier alpha value is -3.34. The second-order valence-electron chi connectivity index (χ2n) is 6.58. The van der Waals surface area contributed by atoms with E-state index in [0.29, 0.717) is 12.2 Å². The summed E-state index contributed by atoms with van der Waals surface area (Å²) in [4.78, 5) is 25.2. The predicted octanol–water partition coefficient (Wildman–Crippen LogP) is 4.29. The highest BCUT2D eigenvalue weighted by Crippen LogP contribution is 2.22. The van der Waals surface area contributed by atoms with Crippen LogP contribution in [0.5, 0.6) is 0 Å². The molecule has 5 heteroatoms. The molecule has 0 bridgehead atoms. The van der Waals surface area contributed by atoms with E-state index in [1.165, 1.54) is 0 Å². The second-order valence-corrected chi connectivity index (χ2v) is 6.58.